The molecule has 1 unspecified atom stereocenters. The van der Waals surface area contributed by atoms with Gasteiger partial charge in [-0.05, 0) is 31.4 Å². The molecule has 0 aliphatic heterocycles. The molecule has 2 rings (SSSR count). The van der Waals surface area contributed by atoms with Crippen LogP contribution in [0.1, 0.15) is 24.8 Å². The Morgan fingerprint density at radius 3 is 3.06 bits per heavy atom. The minimum absolute atomic E-state index is 0.463. The molecule has 1 aromatic carbocycles. The highest BCUT2D eigenvalue weighted by Crippen LogP contribution is 2.26. The Labute approximate surface area is 108 Å². The SMILES string of the molecule is COc1cccc(Cl)c1CNC1C=CCCC1. The highest BCUT2D eigenvalue weighted by molar-refractivity contribution is 6.31. The van der Waals surface area contributed by atoms with Gasteiger partial charge in [-0.25, -0.2) is 0 Å². The van der Waals surface area contributed by atoms with Crippen molar-refractivity contribution >= 4 is 11.6 Å². The van der Waals surface area contributed by atoms with Gasteiger partial charge in [0.1, 0.15) is 5.75 Å². The monoisotopic (exact) mass is 251 g/mol. The fourth-order valence-electron chi connectivity index (χ4n) is 2.12. The summed E-state index contributed by atoms with van der Waals surface area (Å²) in [6, 6.07) is 6.22. The third kappa shape index (κ3) is 3.24. The number of halogens is 1. The van der Waals surface area contributed by atoms with E-state index in [0.29, 0.717) is 6.04 Å². The maximum Gasteiger partial charge on any atom is 0.124 e. The molecule has 0 amide bonds. The quantitative estimate of drug-likeness (QED) is 0.827. The largest absolute Gasteiger partial charge is 0.496 e. The first-order valence-corrected chi connectivity index (χ1v) is 6.40. The van der Waals surface area contributed by atoms with Crippen molar-refractivity contribution in [3.8, 4) is 5.75 Å². The third-order valence-electron chi connectivity index (χ3n) is 3.09. The van der Waals surface area contributed by atoms with Gasteiger partial charge in [0.25, 0.3) is 0 Å². The van der Waals surface area contributed by atoms with Gasteiger partial charge in [0.2, 0.25) is 0 Å². The maximum absolute atomic E-state index is 6.19. The van der Waals surface area contributed by atoms with Gasteiger partial charge in [0.05, 0.1) is 7.11 Å². The zero-order chi connectivity index (χ0) is 12.1. The molecule has 0 radical (unpaired) electrons. The lowest BCUT2D eigenvalue weighted by Crippen LogP contribution is -2.28. The molecule has 1 aliphatic rings. The Bertz CT molecular complexity index is 403. The fourth-order valence-corrected chi connectivity index (χ4v) is 2.35. The molecule has 1 aromatic rings. The van der Waals surface area contributed by atoms with Crippen molar-refractivity contribution in [3.05, 3.63) is 40.9 Å². The highest BCUT2D eigenvalue weighted by atomic mass is 35.5. The summed E-state index contributed by atoms with van der Waals surface area (Å²) >= 11 is 6.19. The number of benzene rings is 1. The smallest absolute Gasteiger partial charge is 0.124 e. The molecule has 1 atom stereocenters. The Hall–Kier alpha value is -0.990. The van der Waals surface area contributed by atoms with Gasteiger partial charge >= 0.3 is 0 Å². The van der Waals surface area contributed by atoms with Crippen molar-refractivity contribution in [2.75, 3.05) is 7.11 Å². The van der Waals surface area contributed by atoms with Crippen molar-refractivity contribution in [2.24, 2.45) is 0 Å². The lowest BCUT2D eigenvalue weighted by molar-refractivity contribution is 0.405. The van der Waals surface area contributed by atoms with Crippen molar-refractivity contribution in [1.29, 1.82) is 0 Å². The number of hydrogen-bond acceptors (Lipinski definition) is 2. The second-order valence-corrected chi connectivity index (χ2v) is 4.67. The first kappa shape index (κ1) is 12.5. The molecule has 0 saturated carbocycles. The van der Waals surface area contributed by atoms with Crippen molar-refractivity contribution in [3.63, 3.8) is 0 Å². The average Bonchev–Trinajstić information content (AvgIpc) is 2.38. The summed E-state index contributed by atoms with van der Waals surface area (Å²) in [5, 5.41) is 4.26. The van der Waals surface area contributed by atoms with Crippen LogP contribution in [0.25, 0.3) is 0 Å². The molecular formula is C14H18ClNO. The predicted octanol–water partition coefficient (Wildman–Crippen LogP) is 3.55. The molecule has 92 valence electrons. The minimum Gasteiger partial charge on any atom is -0.496 e. The van der Waals surface area contributed by atoms with E-state index < -0.39 is 0 Å². The topological polar surface area (TPSA) is 21.3 Å². The number of hydrogen-bond donors (Lipinski definition) is 1. The number of rotatable bonds is 4. The third-order valence-corrected chi connectivity index (χ3v) is 3.45. The average molecular weight is 252 g/mol. The molecule has 0 saturated heterocycles. The number of nitrogens with one attached hydrogen (secondary N) is 1. The van der Waals surface area contributed by atoms with Crippen LogP contribution in [0, 0.1) is 0 Å². The lowest BCUT2D eigenvalue weighted by atomic mass is 10.0. The van der Waals surface area contributed by atoms with Crippen molar-refractivity contribution in [1.82, 2.24) is 5.32 Å². The van der Waals surface area contributed by atoms with E-state index >= 15 is 0 Å². The number of ether oxygens (including phenoxy) is 1. The zero-order valence-corrected chi connectivity index (χ0v) is 10.8. The summed E-state index contributed by atoms with van der Waals surface area (Å²) in [4.78, 5) is 0. The van der Waals surface area contributed by atoms with Crippen LogP contribution in [-0.4, -0.2) is 13.2 Å². The van der Waals surface area contributed by atoms with E-state index in [1.54, 1.807) is 7.11 Å². The Morgan fingerprint density at radius 1 is 1.47 bits per heavy atom. The Morgan fingerprint density at radius 2 is 2.35 bits per heavy atom. The number of allylic oxidation sites excluding steroid dienone is 1. The molecular weight excluding hydrogens is 234 g/mol. The lowest BCUT2D eigenvalue weighted by Gasteiger charge is -2.19. The number of methoxy groups -OCH3 is 1. The predicted molar refractivity (Wildman–Crippen MR) is 71.6 cm³/mol. The molecule has 17 heavy (non-hydrogen) atoms. The van der Waals surface area contributed by atoms with E-state index in [1.165, 1.54) is 19.3 Å². The van der Waals surface area contributed by atoms with Gasteiger partial charge in [-0.15, -0.1) is 0 Å². The van der Waals surface area contributed by atoms with E-state index in [-0.39, 0.29) is 0 Å². The maximum atomic E-state index is 6.19. The van der Waals surface area contributed by atoms with Gasteiger partial charge in [0, 0.05) is 23.2 Å². The summed E-state index contributed by atoms with van der Waals surface area (Å²) in [6.07, 6.45) is 8.14. The molecule has 0 fully saturated rings. The van der Waals surface area contributed by atoms with E-state index in [4.69, 9.17) is 16.3 Å². The van der Waals surface area contributed by atoms with Crippen LogP contribution < -0.4 is 10.1 Å². The molecule has 3 heteroatoms. The molecule has 0 aromatic heterocycles. The molecule has 0 heterocycles. The van der Waals surface area contributed by atoms with Crippen LogP contribution in [-0.2, 0) is 6.54 Å². The van der Waals surface area contributed by atoms with E-state index in [1.807, 2.05) is 18.2 Å². The minimum atomic E-state index is 0.463. The van der Waals surface area contributed by atoms with Gasteiger partial charge in [0.15, 0.2) is 0 Å². The molecule has 2 nitrogen and oxygen atoms in total. The van der Waals surface area contributed by atoms with Gasteiger partial charge in [-0.1, -0.05) is 29.8 Å². The van der Waals surface area contributed by atoms with Gasteiger partial charge in [-0.3, -0.25) is 0 Å². The summed E-state index contributed by atoms with van der Waals surface area (Å²) in [5.41, 5.74) is 1.04. The first-order valence-electron chi connectivity index (χ1n) is 6.02. The molecule has 0 bridgehead atoms. The summed E-state index contributed by atoms with van der Waals surface area (Å²) in [5.74, 6) is 0.852. The van der Waals surface area contributed by atoms with Gasteiger partial charge < -0.3 is 10.1 Å². The Kier molecular flexibility index (Phi) is 4.46. The second kappa shape index (κ2) is 6.08. The van der Waals surface area contributed by atoms with E-state index in [9.17, 15) is 0 Å². The Balaban J connectivity index is 2.02. The first-order chi connectivity index (χ1) is 8.31. The van der Waals surface area contributed by atoms with Crippen LogP contribution in [0.4, 0.5) is 0 Å². The van der Waals surface area contributed by atoms with Crippen LogP contribution >= 0.6 is 11.6 Å². The molecule has 1 aliphatic carbocycles. The van der Waals surface area contributed by atoms with E-state index in [2.05, 4.69) is 17.5 Å². The highest BCUT2D eigenvalue weighted by Gasteiger charge is 2.11. The molecule has 0 spiro atoms. The van der Waals surface area contributed by atoms with Crippen LogP contribution in [0.15, 0.2) is 30.4 Å². The normalized spacial score (nSPS) is 19.3. The summed E-state index contributed by atoms with van der Waals surface area (Å²) in [7, 11) is 1.68. The second-order valence-electron chi connectivity index (χ2n) is 4.27. The van der Waals surface area contributed by atoms with Crippen LogP contribution in [0.2, 0.25) is 5.02 Å². The standard InChI is InChI=1S/C14H18ClNO/c1-17-14-9-5-8-13(15)12(14)10-16-11-6-3-2-4-7-11/h3,5-6,8-9,11,16H,2,4,7,10H2,1H3. The van der Waals surface area contributed by atoms with Crippen molar-refractivity contribution < 1.29 is 4.74 Å². The summed E-state index contributed by atoms with van der Waals surface area (Å²) < 4.78 is 5.32. The molecule has 1 N–H and O–H groups in total. The fraction of sp³-hybridized carbons (Fsp3) is 0.429. The van der Waals surface area contributed by atoms with Gasteiger partial charge in [-0.2, -0.15) is 0 Å². The van der Waals surface area contributed by atoms with Crippen molar-refractivity contribution in [2.45, 2.75) is 31.8 Å². The summed E-state index contributed by atoms with van der Waals surface area (Å²) in [6.45, 7) is 0.748. The zero-order valence-electron chi connectivity index (χ0n) is 10.1. The van der Waals surface area contributed by atoms with E-state index in [0.717, 1.165) is 22.9 Å². The van der Waals surface area contributed by atoms with Crippen LogP contribution in [0.5, 0.6) is 5.75 Å². The van der Waals surface area contributed by atoms with Crippen LogP contribution in [0.3, 0.4) is 0 Å².